The lowest BCUT2D eigenvalue weighted by Crippen LogP contribution is -2.38. The SMILES string of the molecule is CCN(CC)S(=O)(=O)CCC(N)C(=O)OC. The molecule has 16 heavy (non-hydrogen) atoms. The third kappa shape index (κ3) is 4.46. The van der Waals surface area contributed by atoms with Crippen molar-refractivity contribution in [3.63, 3.8) is 0 Å². The van der Waals surface area contributed by atoms with Gasteiger partial charge in [0.05, 0.1) is 12.9 Å². The van der Waals surface area contributed by atoms with Gasteiger partial charge in [0.15, 0.2) is 0 Å². The topological polar surface area (TPSA) is 89.7 Å². The molecule has 0 aromatic heterocycles. The van der Waals surface area contributed by atoms with Crippen LogP contribution in [0, 0.1) is 0 Å². The molecular weight excluding hydrogens is 232 g/mol. The molecule has 2 N–H and O–H groups in total. The largest absolute Gasteiger partial charge is 0.468 e. The van der Waals surface area contributed by atoms with Gasteiger partial charge in [-0.15, -0.1) is 0 Å². The van der Waals surface area contributed by atoms with Crippen molar-refractivity contribution in [3.8, 4) is 0 Å². The summed E-state index contributed by atoms with van der Waals surface area (Å²) in [6, 6.07) is -0.879. The van der Waals surface area contributed by atoms with Gasteiger partial charge in [0, 0.05) is 13.1 Å². The molecule has 0 saturated heterocycles. The van der Waals surface area contributed by atoms with E-state index in [0.717, 1.165) is 0 Å². The summed E-state index contributed by atoms with van der Waals surface area (Å²) >= 11 is 0. The quantitative estimate of drug-likeness (QED) is 0.620. The van der Waals surface area contributed by atoms with E-state index in [1.54, 1.807) is 13.8 Å². The first-order valence-electron chi connectivity index (χ1n) is 5.20. The first-order valence-corrected chi connectivity index (χ1v) is 6.81. The third-order valence-electron chi connectivity index (χ3n) is 2.29. The molecule has 0 fully saturated rings. The molecule has 0 bridgehead atoms. The number of carbonyl (C=O) groups is 1. The van der Waals surface area contributed by atoms with Crippen molar-refractivity contribution in [3.05, 3.63) is 0 Å². The van der Waals surface area contributed by atoms with E-state index in [0.29, 0.717) is 13.1 Å². The number of rotatable bonds is 7. The predicted molar refractivity (Wildman–Crippen MR) is 61.3 cm³/mol. The smallest absolute Gasteiger partial charge is 0.322 e. The minimum atomic E-state index is -3.31. The number of nitrogens with two attached hydrogens (primary N) is 1. The summed E-state index contributed by atoms with van der Waals surface area (Å²) in [4.78, 5) is 11.0. The Morgan fingerprint density at radius 2 is 1.88 bits per heavy atom. The molecule has 0 spiro atoms. The fourth-order valence-corrected chi connectivity index (χ4v) is 2.89. The minimum Gasteiger partial charge on any atom is -0.468 e. The fourth-order valence-electron chi connectivity index (χ4n) is 1.29. The van der Waals surface area contributed by atoms with Gasteiger partial charge in [-0.05, 0) is 6.42 Å². The second kappa shape index (κ2) is 6.82. The minimum absolute atomic E-state index is 0.0749. The fraction of sp³-hybridized carbons (Fsp3) is 0.889. The Morgan fingerprint density at radius 3 is 2.25 bits per heavy atom. The Hall–Kier alpha value is -0.660. The molecule has 0 radical (unpaired) electrons. The van der Waals surface area contributed by atoms with Gasteiger partial charge in [0.2, 0.25) is 10.0 Å². The summed E-state index contributed by atoms with van der Waals surface area (Å²) in [6.07, 6.45) is 0.0749. The number of nitrogens with zero attached hydrogens (tertiary/aromatic N) is 1. The molecule has 7 heteroatoms. The van der Waals surface area contributed by atoms with Crippen LogP contribution in [0.2, 0.25) is 0 Å². The molecule has 0 aliphatic carbocycles. The maximum atomic E-state index is 11.7. The number of carbonyl (C=O) groups excluding carboxylic acids is 1. The van der Waals surface area contributed by atoms with Crippen LogP contribution in [0.5, 0.6) is 0 Å². The van der Waals surface area contributed by atoms with Crippen LogP contribution < -0.4 is 5.73 Å². The van der Waals surface area contributed by atoms with Crippen molar-refractivity contribution in [2.75, 3.05) is 26.0 Å². The molecule has 0 heterocycles. The van der Waals surface area contributed by atoms with Gasteiger partial charge >= 0.3 is 5.97 Å². The van der Waals surface area contributed by atoms with Crippen molar-refractivity contribution >= 4 is 16.0 Å². The normalized spacial score (nSPS) is 13.8. The van der Waals surface area contributed by atoms with Crippen LogP contribution in [-0.2, 0) is 19.6 Å². The zero-order chi connectivity index (χ0) is 12.8. The van der Waals surface area contributed by atoms with Crippen LogP contribution in [0.1, 0.15) is 20.3 Å². The van der Waals surface area contributed by atoms with Crippen molar-refractivity contribution in [2.45, 2.75) is 26.3 Å². The summed E-state index contributed by atoms with van der Waals surface area (Å²) < 4.78 is 29.2. The predicted octanol–water partition coefficient (Wildman–Crippen LogP) is -0.452. The average Bonchev–Trinajstić information content (AvgIpc) is 2.26. The molecule has 0 aromatic rings. The van der Waals surface area contributed by atoms with Crippen molar-refractivity contribution in [1.82, 2.24) is 4.31 Å². The lowest BCUT2D eigenvalue weighted by atomic mass is 10.2. The summed E-state index contributed by atoms with van der Waals surface area (Å²) in [7, 11) is -2.09. The summed E-state index contributed by atoms with van der Waals surface area (Å²) in [5.74, 6) is -0.722. The van der Waals surface area contributed by atoms with Gasteiger partial charge in [-0.1, -0.05) is 13.8 Å². The summed E-state index contributed by atoms with van der Waals surface area (Å²) in [5.41, 5.74) is 5.46. The van der Waals surface area contributed by atoms with Gasteiger partial charge in [-0.25, -0.2) is 12.7 Å². The van der Waals surface area contributed by atoms with Crippen molar-refractivity contribution in [1.29, 1.82) is 0 Å². The number of esters is 1. The summed E-state index contributed by atoms with van der Waals surface area (Å²) in [5, 5.41) is 0. The van der Waals surface area contributed by atoms with Gasteiger partial charge in [-0.3, -0.25) is 4.79 Å². The lowest BCUT2D eigenvalue weighted by molar-refractivity contribution is -0.142. The first kappa shape index (κ1) is 15.3. The van der Waals surface area contributed by atoms with E-state index >= 15 is 0 Å². The van der Waals surface area contributed by atoms with Gasteiger partial charge in [-0.2, -0.15) is 0 Å². The van der Waals surface area contributed by atoms with Crippen LogP contribution >= 0.6 is 0 Å². The highest BCUT2D eigenvalue weighted by molar-refractivity contribution is 7.89. The first-order chi connectivity index (χ1) is 7.38. The average molecular weight is 252 g/mol. The van der Waals surface area contributed by atoms with Crippen LogP contribution in [0.15, 0.2) is 0 Å². The van der Waals surface area contributed by atoms with Crippen LogP contribution in [0.25, 0.3) is 0 Å². The van der Waals surface area contributed by atoms with E-state index in [1.165, 1.54) is 11.4 Å². The van der Waals surface area contributed by atoms with Gasteiger partial charge in [0.25, 0.3) is 0 Å². The van der Waals surface area contributed by atoms with Gasteiger partial charge in [0.1, 0.15) is 6.04 Å². The molecule has 0 aliphatic heterocycles. The molecule has 0 aromatic carbocycles. The Labute approximate surface area is 96.8 Å². The number of sulfonamides is 1. The van der Waals surface area contributed by atoms with Crippen LogP contribution in [0.3, 0.4) is 0 Å². The van der Waals surface area contributed by atoms with Crippen LogP contribution in [0.4, 0.5) is 0 Å². The Kier molecular flexibility index (Phi) is 6.54. The van der Waals surface area contributed by atoms with E-state index in [4.69, 9.17) is 5.73 Å². The van der Waals surface area contributed by atoms with Gasteiger partial charge < -0.3 is 10.5 Å². The Balaban J connectivity index is 4.34. The third-order valence-corrected chi connectivity index (χ3v) is 4.34. The highest BCUT2D eigenvalue weighted by Gasteiger charge is 2.22. The maximum Gasteiger partial charge on any atom is 0.322 e. The van der Waals surface area contributed by atoms with E-state index in [1.807, 2.05) is 0 Å². The Bertz CT molecular complexity index is 311. The van der Waals surface area contributed by atoms with E-state index in [9.17, 15) is 13.2 Å². The molecule has 1 atom stereocenters. The number of ether oxygens (including phenoxy) is 1. The highest BCUT2D eigenvalue weighted by Crippen LogP contribution is 2.04. The van der Waals surface area contributed by atoms with E-state index in [2.05, 4.69) is 4.74 Å². The zero-order valence-electron chi connectivity index (χ0n) is 9.97. The lowest BCUT2D eigenvalue weighted by Gasteiger charge is -2.19. The molecule has 1 unspecified atom stereocenters. The standard InChI is InChI=1S/C9H20N2O4S/c1-4-11(5-2)16(13,14)7-6-8(10)9(12)15-3/h8H,4-7,10H2,1-3H3. The molecule has 0 saturated carbocycles. The number of hydrogen-bond donors (Lipinski definition) is 1. The molecule has 96 valence electrons. The molecule has 0 rings (SSSR count). The van der Waals surface area contributed by atoms with Crippen LogP contribution in [-0.4, -0.2) is 50.7 Å². The summed E-state index contributed by atoms with van der Waals surface area (Å²) in [6.45, 7) is 4.38. The highest BCUT2D eigenvalue weighted by atomic mass is 32.2. The number of methoxy groups -OCH3 is 1. The number of hydrogen-bond acceptors (Lipinski definition) is 5. The molecular formula is C9H20N2O4S. The maximum absolute atomic E-state index is 11.7. The van der Waals surface area contributed by atoms with Crippen molar-refractivity contribution < 1.29 is 17.9 Å². The zero-order valence-corrected chi connectivity index (χ0v) is 10.8. The Morgan fingerprint density at radius 1 is 1.38 bits per heavy atom. The van der Waals surface area contributed by atoms with Crippen molar-refractivity contribution in [2.24, 2.45) is 5.73 Å². The van der Waals surface area contributed by atoms with E-state index < -0.39 is 22.0 Å². The molecule has 0 aliphatic rings. The second-order valence-electron chi connectivity index (χ2n) is 3.32. The molecule has 0 amide bonds. The molecule has 6 nitrogen and oxygen atoms in total. The monoisotopic (exact) mass is 252 g/mol. The second-order valence-corrected chi connectivity index (χ2v) is 5.41. The van der Waals surface area contributed by atoms with E-state index in [-0.39, 0.29) is 12.2 Å².